The molecule has 72 heavy (non-hydrogen) atoms. The Morgan fingerprint density at radius 2 is 1.08 bits per heavy atom. The van der Waals surface area contributed by atoms with Crippen molar-refractivity contribution in [2.24, 2.45) is 0 Å². The maximum Gasteiger partial charge on any atom is 0.135 e. The monoisotopic (exact) mass is 1130 g/mol. The molecule has 10 heteroatoms. The summed E-state index contributed by atoms with van der Waals surface area (Å²) in [6.07, 6.45) is 1.85. The third-order valence-electron chi connectivity index (χ3n) is 13.0. The first-order chi connectivity index (χ1) is 34.1. The van der Waals surface area contributed by atoms with Crippen LogP contribution in [0.5, 0.6) is 11.5 Å². The summed E-state index contributed by atoms with van der Waals surface area (Å²) in [5.74, 6) is -1.40. The third-order valence-corrected chi connectivity index (χ3v) is 13.0. The Hall–Kier alpha value is -7.48. The summed E-state index contributed by atoms with van der Waals surface area (Å²) in [4.78, 5) is 8.72. The van der Waals surface area contributed by atoms with Crippen LogP contribution in [-0.4, -0.2) is 9.55 Å². The molecule has 11 rings (SSSR count). The van der Waals surface area contributed by atoms with Crippen LogP contribution in [-0.2, 0) is 31.9 Å². The molecule has 0 unspecified atom stereocenters. The second kappa shape index (κ2) is 18.6. The molecule has 3 heterocycles. The first-order valence-corrected chi connectivity index (χ1v) is 23.4. The van der Waals surface area contributed by atoms with Crippen LogP contribution in [0.1, 0.15) is 52.7 Å². The van der Waals surface area contributed by atoms with Crippen LogP contribution in [0.2, 0.25) is 0 Å². The molecule has 1 aliphatic rings. The van der Waals surface area contributed by atoms with Crippen LogP contribution in [0.4, 0.5) is 40.3 Å². The fraction of sp³-hybridized carbons (Fsp3) is 0.129. The predicted molar refractivity (Wildman–Crippen MR) is 278 cm³/mol. The van der Waals surface area contributed by atoms with Crippen molar-refractivity contribution in [3.8, 4) is 50.7 Å². The smallest absolute Gasteiger partial charge is 0.135 e. The van der Waals surface area contributed by atoms with Gasteiger partial charge in [0.15, 0.2) is 0 Å². The molecule has 0 atom stereocenters. The van der Waals surface area contributed by atoms with Crippen molar-refractivity contribution in [3.05, 3.63) is 223 Å². The van der Waals surface area contributed by atoms with Gasteiger partial charge in [0.2, 0.25) is 0 Å². The molecular formula is C62H47F4N4OPt-3. The van der Waals surface area contributed by atoms with E-state index < -0.39 is 28.7 Å². The Morgan fingerprint density at radius 3 is 1.71 bits per heavy atom. The molecule has 0 bridgehead atoms. The van der Waals surface area contributed by atoms with Crippen molar-refractivity contribution in [1.29, 1.82) is 0 Å². The Morgan fingerprint density at radius 1 is 0.500 bits per heavy atom. The fourth-order valence-corrected chi connectivity index (χ4v) is 9.48. The van der Waals surface area contributed by atoms with E-state index >= 15 is 17.6 Å². The number of pyridine rings is 1. The predicted octanol–water partition coefficient (Wildman–Crippen LogP) is 17.1. The van der Waals surface area contributed by atoms with Crippen molar-refractivity contribution in [3.63, 3.8) is 0 Å². The zero-order valence-corrected chi connectivity index (χ0v) is 42.5. The number of aromatic nitrogens is 2. The molecule has 0 spiro atoms. The van der Waals surface area contributed by atoms with E-state index in [9.17, 15) is 0 Å². The Balaban J connectivity index is 0.00000596. The van der Waals surface area contributed by atoms with Crippen LogP contribution in [0.15, 0.2) is 170 Å². The number of hydrogen-bond donors (Lipinski definition) is 0. The zero-order chi connectivity index (χ0) is 49.3. The molecule has 0 saturated carbocycles. The topological polar surface area (TPSA) is 33.5 Å². The number of rotatable bonds is 8. The first-order valence-electron chi connectivity index (χ1n) is 23.4. The van der Waals surface area contributed by atoms with Crippen molar-refractivity contribution >= 4 is 44.6 Å². The zero-order valence-electron chi connectivity index (χ0n) is 40.3. The maximum atomic E-state index is 15.3. The van der Waals surface area contributed by atoms with E-state index in [1.165, 1.54) is 24.3 Å². The summed E-state index contributed by atoms with van der Waals surface area (Å²) in [5, 5.41) is 2.06. The number of anilines is 4. The number of benzene rings is 8. The molecule has 10 aromatic rings. The van der Waals surface area contributed by atoms with Gasteiger partial charge in [-0.2, -0.15) is 6.07 Å². The van der Waals surface area contributed by atoms with Crippen LogP contribution in [0.3, 0.4) is 0 Å². The van der Waals surface area contributed by atoms with Gasteiger partial charge >= 0.3 is 0 Å². The summed E-state index contributed by atoms with van der Waals surface area (Å²) in [6.45, 7) is 14.5. The van der Waals surface area contributed by atoms with E-state index in [4.69, 9.17) is 9.72 Å². The Labute approximate surface area is 431 Å². The van der Waals surface area contributed by atoms with E-state index in [1.807, 2.05) is 147 Å². The fourth-order valence-electron chi connectivity index (χ4n) is 9.48. The SMILES string of the molecule is CC(C)(C)c1ccnc(-n2c3[c-]c(Oc4[c-]c(N5[CH-]N(c6c(-c7cc(F)cc(F)c7)cc(C(C)(C)C)cc6-c6cc(F)cc(F)c6)c6ccccc65)cc(-c5ccccc5)c4)ccc3c3ccccc32)c1.[Pt]. The average molecular weight is 1140 g/mol. The Kier molecular flexibility index (Phi) is 12.4. The number of nitrogens with zero attached hydrogens (tertiary/aromatic N) is 4. The number of para-hydroxylation sites is 3. The average Bonchev–Trinajstić information content (AvgIpc) is 3.88. The molecular weight excluding hydrogens is 1090 g/mol. The van der Waals surface area contributed by atoms with Crippen LogP contribution < -0.4 is 14.5 Å². The molecule has 0 amide bonds. The van der Waals surface area contributed by atoms with Gasteiger partial charge in [-0.3, -0.25) is 0 Å². The number of ether oxygens (including phenoxy) is 1. The van der Waals surface area contributed by atoms with Crippen LogP contribution in [0, 0.1) is 42.1 Å². The van der Waals surface area contributed by atoms with Crippen molar-refractivity contribution in [2.45, 2.75) is 52.4 Å². The summed E-state index contributed by atoms with van der Waals surface area (Å²) < 4.78 is 70.0. The minimum absolute atomic E-state index is 0. The molecule has 362 valence electrons. The van der Waals surface area contributed by atoms with E-state index in [2.05, 4.69) is 61.7 Å². The summed E-state index contributed by atoms with van der Waals surface area (Å²) in [5.41, 5.74) is 8.88. The van der Waals surface area contributed by atoms with Crippen molar-refractivity contribution in [1.82, 2.24) is 9.55 Å². The molecule has 0 fully saturated rings. The minimum atomic E-state index is -0.762. The largest absolute Gasteiger partial charge is 0.509 e. The molecule has 5 nitrogen and oxygen atoms in total. The van der Waals surface area contributed by atoms with E-state index in [0.29, 0.717) is 39.7 Å². The van der Waals surface area contributed by atoms with Gasteiger partial charge in [-0.15, -0.1) is 53.6 Å². The number of hydrogen-bond acceptors (Lipinski definition) is 4. The molecule has 0 radical (unpaired) electrons. The van der Waals surface area contributed by atoms with Crippen LogP contribution >= 0.6 is 0 Å². The van der Waals surface area contributed by atoms with Crippen molar-refractivity contribution < 1.29 is 43.4 Å². The maximum absolute atomic E-state index is 15.3. The van der Waals surface area contributed by atoms with E-state index in [1.54, 1.807) is 0 Å². The molecule has 1 aliphatic heterocycles. The quantitative estimate of drug-likeness (QED) is 0.112. The van der Waals surface area contributed by atoms with Crippen LogP contribution in [0.25, 0.3) is 61.0 Å². The van der Waals surface area contributed by atoms with Crippen molar-refractivity contribution in [2.75, 3.05) is 9.80 Å². The number of fused-ring (bicyclic) bond motifs is 4. The molecule has 0 saturated heterocycles. The summed E-state index contributed by atoms with van der Waals surface area (Å²) >= 11 is 0. The van der Waals surface area contributed by atoms with Gasteiger partial charge in [-0.25, -0.2) is 22.5 Å². The van der Waals surface area contributed by atoms with Gasteiger partial charge in [0.1, 0.15) is 29.1 Å². The number of halogens is 4. The van der Waals surface area contributed by atoms with Gasteiger partial charge in [0.25, 0.3) is 0 Å². The standard InChI is InChI=1S/C62H47F4N4O.Pt/c1-61(2,3)42-22-23-67-59(32-42)70-55-17-11-10-16-51(55)52-21-20-49(36-58(52)70)71-50-29-39(38-14-8-7-9-15-38)28-48(35-50)68-37-69(57-19-13-12-18-56(57)68)60-53(40-24-44(63)33-45(64)25-40)30-43(62(4,5)6)31-54(60)41-26-46(65)34-47(66)27-41;/h7-34,37H,1-6H3;/q-3;. The molecule has 2 aromatic heterocycles. The van der Waals surface area contributed by atoms with Gasteiger partial charge in [0, 0.05) is 84.6 Å². The summed E-state index contributed by atoms with van der Waals surface area (Å²) in [6, 6.07) is 55.7. The first kappa shape index (κ1) is 48.2. The minimum Gasteiger partial charge on any atom is -0.509 e. The third kappa shape index (κ3) is 9.07. The second-order valence-corrected chi connectivity index (χ2v) is 20.0. The van der Waals surface area contributed by atoms with Gasteiger partial charge in [-0.1, -0.05) is 108 Å². The Bertz CT molecular complexity index is 3600. The van der Waals surface area contributed by atoms with E-state index in [-0.39, 0.29) is 37.6 Å². The molecule has 0 N–H and O–H groups in total. The molecule has 0 aliphatic carbocycles. The second-order valence-electron chi connectivity index (χ2n) is 20.0. The van der Waals surface area contributed by atoms with Gasteiger partial charge in [-0.05, 0) is 111 Å². The van der Waals surface area contributed by atoms with E-state index in [0.717, 1.165) is 67.7 Å². The van der Waals surface area contributed by atoms with Gasteiger partial charge < -0.3 is 19.1 Å². The molecule has 8 aromatic carbocycles. The normalized spacial score (nSPS) is 12.6. The van der Waals surface area contributed by atoms with Gasteiger partial charge in [0.05, 0.1) is 0 Å². The summed E-state index contributed by atoms with van der Waals surface area (Å²) in [7, 11) is 0.